The van der Waals surface area contributed by atoms with Gasteiger partial charge in [0.25, 0.3) is 5.56 Å². The molecule has 6 nitrogen and oxygen atoms in total. The monoisotopic (exact) mass is 322 g/mol. The van der Waals surface area contributed by atoms with Crippen LogP contribution in [0.1, 0.15) is 22.4 Å². The molecule has 4 rings (SSSR count). The van der Waals surface area contributed by atoms with E-state index in [0.717, 1.165) is 28.9 Å². The minimum absolute atomic E-state index is 0.00459. The third kappa shape index (κ3) is 2.50. The minimum atomic E-state index is -0.103. The summed E-state index contributed by atoms with van der Waals surface area (Å²) in [7, 11) is 0. The summed E-state index contributed by atoms with van der Waals surface area (Å²) >= 11 is 0. The maximum absolute atomic E-state index is 12.6. The highest BCUT2D eigenvalue weighted by Crippen LogP contribution is 2.17. The molecule has 1 aliphatic rings. The molecule has 24 heavy (non-hydrogen) atoms. The van der Waals surface area contributed by atoms with Crippen LogP contribution in [0.3, 0.4) is 0 Å². The summed E-state index contributed by atoms with van der Waals surface area (Å²) in [5.41, 5.74) is 4.33. The standard InChI is InChI=1S/C18H18N4O2/c1-12-3-2-7-22-10-14(20-17(12)22)9-16(23)21-8-5-13-4-6-19-18(24)15(13)11-21/h2-4,6-7,10H,5,8-9,11H2,1H3,(H,19,24). The third-order valence-corrected chi connectivity index (χ3v) is 4.57. The number of H-pyrrole nitrogens is 1. The van der Waals surface area contributed by atoms with E-state index in [2.05, 4.69) is 9.97 Å². The SMILES string of the molecule is Cc1cccn2cc(CC(=O)N3CCc4cc[nH]c(=O)c4C3)nc12. The van der Waals surface area contributed by atoms with E-state index in [0.29, 0.717) is 18.7 Å². The van der Waals surface area contributed by atoms with Gasteiger partial charge in [-0.05, 0) is 36.6 Å². The van der Waals surface area contributed by atoms with Crippen LogP contribution < -0.4 is 5.56 Å². The summed E-state index contributed by atoms with van der Waals surface area (Å²) in [6.45, 7) is 3.01. The lowest BCUT2D eigenvalue weighted by Gasteiger charge is -2.28. The lowest BCUT2D eigenvalue weighted by Crippen LogP contribution is -2.39. The fourth-order valence-corrected chi connectivity index (χ4v) is 3.25. The van der Waals surface area contributed by atoms with Crippen molar-refractivity contribution < 1.29 is 4.79 Å². The molecule has 6 heteroatoms. The van der Waals surface area contributed by atoms with Gasteiger partial charge in [0.1, 0.15) is 5.65 Å². The van der Waals surface area contributed by atoms with E-state index in [9.17, 15) is 9.59 Å². The van der Waals surface area contributed by atoms with Crippen LogP contribution in [0.15, 0.2) is 41.6 Å². The second-order valence-electron chi connectivity index (χ2n) is 6.21. The summed E-state index contributed by atoms with van der Waals surface area (Å²) in [4.78, 5) is 33.5. The fourth-order valence-electron chi connectivity index (χ4n) is 3.25. The molecule has 0 atom stereocenters. The summed E-state index contributed by atoms with van der Waals surface area (Å²) in [6, 6.07) is 5.88. The molecule has 0 saturated heterocycles. The Morgan fingerprint density at radius 3 is 3.08 bits per heavy atom. The molecule has 0 aliphatic carbocycles. The molecule has 0 saturated carbocycles. The quantitative estimate of drug-likeness (QED) is 0.776. The average Bonchev–Trinajstić information content (AvgIpc) is 2.99. The minimum Gasteiger partial charge on any atom is -0.337 e. The zero-order valence-corrected chi connectivity index (χ0v) is 13.5. The van der Waals surface area contributed by atoms with Crippen molar-refractivity contribution in [3.8, 4) is 0 Å². The average molecular weight is 322 g/mol. The van der Waals surface area contributed by atoms with Gasteiger partial charge < -0.3 is 14.3 Å². The number of aryl methyl sites for hydroxylation is 1. The molecule has 0 aromatic carbocycles. The van der Waals surface area contributed by atoms with Crippen LogP contribution >= 0.6 is 0 Å². The first-order chi connectivity index (χ1) is 11.6. The van der Waals surface area contributed by atoms with Gasteiger partial charge in [0.2, 0.25) is 5.91 Å². The lowest BCUT2D eigenvalue weighted by atomic mass is 10.0. The Kier molecular flexibility index (Phi) is 3.45. The molecule has 3 aromatic rings. The summed E-state index contributed by atoms with van der Waals surface area (Å²) in [5.74, 6) is 0.00459. The second kappa shape index (κ2) is 5.63. The molecule has 0 unspecified atom stereocenters. The summed E-state index contributed by atoms with van der Waals surface area (Å²) in [6.07, 6.45) is 6.46. The third-order valence-electron chi connectivity index (χ3n) is 4.57. The second-order valence-corrected chi connectivity index (χ2v) is 6.21. The predicted octanol–water partition coefficient (Wildman–Crippen LogP) is 1.46. The number of carbonyl (C=O) groups is 1. The number of imidazole rings is 1. The van der Waals surface area contributed by atoms with Gasteiger partial charge in [-0.25, -0.2) is 4.98 Å². The number of rotatable bonds is 2. The van der Waals surface area contributed by atoms with Gasteiger partial charge in [0, 0.05) is 30.7 Å². The summed E-state index contributed by atoms with van der Waals surface area (Å²) in [5, 5.41) is 0. The van der Waals surface area contributed by atoms with Crippen LogP contribution in [0.2, 0.25) is 0 Å². The largest absolute Gasteiger partial charge is 0.337 e. The van der Waals surface area contributed by atoms with Crippen LogP contribution in [0, 0.1) is 6.92 Å². The Bertz CT molecular complexity index is 986. The smallest absolute Gasteiger partial charge is 0.253 e. The number of aromatic nitrogens is 3. The van der Waals surface area contributed by atoms with E-state index < -0.39 is 0 Å². The van der Waals surface area contributed by atoms with Crippen molar-refractivity contribution in [3.63, 3.8) is 0 Å². The lowest BCUT2D eigenvalue weighted by molar-refractivity contribution is -0.131. The first kappa shape index (κ1) is 14.7. The normalized spacial score (nSPS) is 14.0. The molecule has 1 amide bonds. The van der Waals surface area contributed by atoms with Crippen LogP contribution in [-0.2, 0) is 24.2 Å². The van der Waals surface area contributed by atoms with E-state index in [1.165, 1.54) is 0 Å². The molecule has 122 valence electrons. The molecular formula is C18H18N4O2. The van der Waals surface area contributed by atoms with Gasteiger partial charge in [-0.3, -0.25) is 9.59 Å². The molecule has 0 fully saturated rings. The molecular weight excluding hydrogens is 304 g/mol. The van der Waals surface area contributed by atoms with Gasteiger partial charge in [-0.1, -0.05) is 6.07 Å². The summed E-state index contributed by atoms with van der Waals surface area (Å²) < 4.78 is 1.94. The van der Waals surface area contributed by atoms with Crippen molar-refractivity contribution >= 4 is 11.6 Å². The van der Waals surface area contributed by atoms with Crippen molar-refractivity contribution in [1.29, 1.82) is 0 Å². The van der Waals surface area contributed by atoms with Crippen molar-refractivity contribution in [2.45, 2.75) is 26.3 Å². The Balaban J connectivity index is 1.55. The maximum Gasteiger partial charge on any atom is 0.253 e. The highest BCUT2D eigenvalue weighted by atomic mass is 16.2. The van der Waals surface area contributed by atoms with E-state index >= 15 is 0 Å². The molecule has 1 N–H and O–H groups in total. The number of aromatic amines is 1. The zero-order chi connectivity index (χ0) is 16.7. The predicted molar refractivity (Wildman–Crippen MR) is 89.8 cm³/mol. The Morgan fingerprint density at radius 1 is 1.38 bits per heavy atom. The highest BCUT2D eigenvalue weighted by molar-refractivity contribution is 5.79. The van der Waals surface area contributed by atoms with Gasteiger partial charge >= 0.3 is 0 Å². The van der Waals surface area contributed by atoms with Crippen molar-refractivity contribution in [2.75, 3.05) is 6.54 Å². The molecule has 1 aliphatic heterocycles. The molecule has 0 spiro atoms. The number of hydrogen-bond donors (Lipinski definition) is 1. The van der Waals surface area contributed by atoms with Crippen LogP contribution in [0.25, 0.3) is 5.65 Å². The van der Waals surface area contributed by atoms with Crippen LogP contribution in [0.4, 0.5) is 0 Å². The van der Waals surface area contributed by atoms with E-state index in [1.54, 1.807) is 11.1 Å². The van der Waals surface area contributed by atoms with E-state index in [-0.39, 0.29) is 17.9 Å². The topological polar surface area (TPSA) is 70.5 Å². The number of nitrogens with one attached hydrogen (secondary N) is 1. The van der Waals surface area contributed by atoms with Gasteiger partial charge in [-0.15, -0.1) is 0 Å². The van der Waals surface area contributed by atoms with Crippen molar-refractivity contribution in [2.24, 2.45) is 0 Å². The van der Waals surface area contributed by atoms with E-state index in [1.807, 2.05) is 41.9 Å². The number of nitrogens with zero attached hydrogens (tertiary/aromatic N) is 3. The maximum atomic E-state index is 12.6. The highest BCUT2D eigenvalue weighted by Gasteiger charge is 2.23. The molecule has 4 heterocycles. The Hall–Kier alpha value is -2.89. The van der Waals surface area contributed by atoms with Gasteiger partial charge in [0.15, 0.2) is 0 Å². The number of hydrogen-bond acceptors (Lipinski definition) is 3. The molecule has 0 bridgehead atoms. The van der Waals surface area contributed by atoms with Crippen molar-refractivity contribution in [3.05, 3.63) is 69.5 Å². The molecule has 3 aromatic heterocycles. The van der Waals surface area contributed by atoms with Crippen LogP contribution in [0.5, 0.6) is 0 Å². The zero-order valence-electron chi connectivity index (χ0n) is 13.5. The van der Waals surface area contributed by atoms with Gasteiger partial charge in [0.05, 0.1) is 18.7 Å². The first-order valence-corrected chi connectivity index (χ1v) is 8.02. The number of amides is 1. The number of fused-ring (bicyclic) bond motifs is 2. The van der Waals surface area contributed by atoms with Crippen molar-refractivity contribution in [1.82, 2.24) is 19.3 Å². The van der Waals surface area contributed by atoms with E-state index in [4.69, 9.17) is 0 Å². The van der Waals surface area contributed by atoms with Gasteiger partial charge in [-0.2, -0.15) is 0 Å². The number of pyridine rings is 2. The number of carbonyl (C=O) groups excluding carboxylic acids is 1. The fraction of sp³-hybridized carbons (Fsp3) is 0.278. The Morgan fingerprint density at radius 2 is 2.25 bits per heavy atom. The molecule has 0 radical (unpaired) electrons. The first-order valence-electron chi connectivity index (χ1n) is 8.02. The Labute approximate surface area is 138 Å². The van der Waals surface area contributed by atoms with Crippen LogP contribution in [-0.4, -0.2) is 31.7 Å².